The van der Waals surface area contributed by atoms with Crippen molar-refractivity contribution in [2.75, 3.05) is 0 Å². The maximum Gasteiger partial charge on any atom is -0.870 e. The van der Waals surface area contributed by atoms with Crippen LogP contribution in [0.1, 0.15) is 11.1 Å². The Balaban J connectivity index is 0.00000400. The Morgan fingerprint density at radius 1 is 0.579 bits per heavy atom. The van der Waals surface area contributed by atoms with Crippen molar-refractivity contribution in [2.24, 2.45) is 0 Å². The zero-order chi connectivity index (χ0) is 26.0. The number of hydrogen-bond donors (Lipinski definition) is 0. The number of ether oxygens (including phenoxy) is 2. The third-order valence-electron chi connectivity index (χ3n) is 5.06. The molecular weight excluding hydrogens is 546 g/mol. The van der Waals surface area contributed by atoms with E-state index in [-0.39, 0.29) is 18.3 Å². The molecule has 0 spiro atoms. The van der Waals surface area contributed by atoms with Crippen LogP contribution in [0.25, 0.3) is 0 Å². The molecule has 0 radical (unpaired) electrons. The van der Waals surface area contributed by atoms with E-state index in [1.807, 2.05) is 36.4 Å². The zero-order valence-corrected chi connectivity index (χ0v) is 22.5. The molecule has 0 heterocycles. The van der Waals surface area contributed by atoms with E-state index in [9.17, 15) is 9.59 Å². The Morgan fingerprint density at radius 3 is 1.37 bits per heavy atom. The maximum atomic E-state index is 12.3. The number of carbonyl (C=O) groups excluding carboxylic acids is 2. The monoisotopic (exact) mass is 566 g/mol. The standard InChI is InChI=1S/2C14H11ClO3.Al.H2O/c2*15-14-10(9-13(16)17)5-4-8-12(14)18-11-6-2-1-3-7-11;;/h2*1-8H,9H2,(H,16,17);;1H2/q;;+3;/p-3. The molecule has 0 aliphatic rings. The molecule has 0 saturated carbocycles. The molecule has 0 aromatic heterocycles. The van der Waals surface area contributed by atoms with Crippen LogP contribution in [0.15, 0.2) is 97.1 Å². The van der Waals surface area contributed by atoms with E-state index in [4.69, 9.17) is 40.3 Å². The summed E-state index contributed by atoms with van der Waals surface area (Å²) >= 11 is 11.5. The van der Waals surface area contributed by atoms with E-state index in [1.165, 1.54) is 0 Å². The Kier molecular flexibility index (Phi) is 11.0. The number of para-hydroxylation sites is 2. The molecule has 4 aromatic rings. The van der Waals surface area contributed by atoms with Gasteiger partial charge in [0.25, 0.3) is 0 Å². The summed E-state index contributed by atoms with van der Waals surface area (Å²) in [7, 11) is 0. The van der Waals surface area contributed by atoms with Crippen molar-refractivity contribution in [3.8, 4) is 23.0 Å². The van der Waals surface area contributed by atoms with Gasteiger partial charge in [-0.15, -0.1) is 0 Å². The molecule has 0 unspecified atom stereocenters. The fourth-order valence-corrected chi connectivity index (χ4v) is 4.19. The van der Waals surface area contributed by atoms with Gasteiger partial charge in [0.05, 0.1) is 0 Å². The molecule has 0 atom stereocenters. The van der Waals surface area contributed by atoms with E-state index in [2.05, 4.69) is 0 Å². The Bertz CT molecular complexity index is 1260. The summed E-state index contributed by atoms with van der Waals surface area (Å²) in [6, 6.07) is 28.6. The van der Waals surface area contributed by atoms with E-state index in [1.54, 1.807) is 60.7 Å². The molecule has 10 heteroatoms. The van der Waals surface area contributed by atoms with Crippen LogP contribution in [0.5, 0.6) is 23.0 Å². The van der Waals surface area contributed by atoms with Crippen molar-refractivity contribution >= 4 is 51.0 Å². The van der Waals surface area contributed by atoms with E-state index < -0.39 is 27.8 Å². The molecule has 0 saturated heterocycles. The molecule has 0 aliphatic carbocycles. The van der Waals surface area contributed by atoms with Crippen molar-refractivity contribution < 1.29 is 32.1 Å². The molecule has 0 aliphatic heterocycles. The first-order valence-electron chi connectivity index (χ1n) is 11.2. The number of halogens is 2. The minimum Gasteiger partial charge on any atom is -0.870 e. The molecule has 0 bridgehead atoms. The first-order chi connectivity index (χ1) is 18.0. The Hall–Kier alpha value is -3.51. The predicted molar refractivity (Wildman–Crippen MR) is 143 cm³/mol. The van der Waals surface area contributed by atoms with Gasteiger partial charge in [0.2, 0.25) is 0 Å². The van der Waals surface area contributed by atoms with Crippen LogP contribution in [-0.4, -0.2) is 33.3 Å². The Morgan fingerprint density at radius 2 is 0.974 bits per heavy atom. The van der Waals surface area contributed by atoms with Crippen molar-refractivity contribution in [1.82, 2.24) is 0 Å². The van der Waals surface area contributed by atoms with E-state index >= 15 is 0 Å². The molecular formula is C28H21AlCl2O7. The molecule has 38 heavy (non-hydrogen) atoms. The zero-order valence-electron chi connectivity index (χ0n) is 19.9. The largest absolute Gasteiger partial charge is 0.870 e. The second-order valence-electron chi connectivity index (χ2n) is 7.72. The average molecular weight is 567 g/mol. The maximum absolute atomic E-state index is 12.3. The van der Waals surface area contributed by atoms with Gasteiger partial charge < -0.3 is 5.48 Å². The van der Waals surface area contributed by atoms with Gasteiger partial charge in [-0.1, -0.05) is 0 Å². The van der Waals surface area contributed by atoms with Crippen molar-refractivity contribution in [1.29, 1.82) is 0 Å². The predicted octanol–water partition coefficient (Wildman–Crippen LogP) is 6.81. The van der Waals surface area contributed by atoms with Gasteiger partial charge in [-0.25, -0.2) is 0 Å². The summed E-state index contributed by atoms with van der Waals surface area (Å²) in [5.74, 6) is 0.950. The Labute approximate surface area is 236 Å². The van der Waals surface area contributed by atoms with Gasteiger partial charge in [-0.05, 0) is 0 Å². The van der Waals surface area contributed by atoms with E-state index in [0.717, 1.165) is 0 Å². The van der Waals surface area contributed by atoms with Gasteiger partial charge in [-0.3, -0.25) is 0 Å². The average Bonchev–Trinajstić information content (AvgIpc) is 2.90. The van der Waals surface area contributed by atoms with Crippen molar-refractivity contribution in [2.45, 2.75) is 12.8 Å². The van der Waals surface area contributed by atoms with Gasteiger partial charge in [0.15, 0.2) is 0 Å². The second kappa shape index (κ2) is 14.4. The van der Waals surface area contributed by atoms with Crippen LogP contribution < -0.4 is 9.47 Å². The fraction of sp³-hybridized carbons (Fsp3) is 0.0714. The van der Waals surface area contributed by atoms with Crippen molar-refractivity contribution in [3.05, 3.63) is 118 Å². The molecule has 7 nitrogen and oxygen atoms in total. The minimum absolute atomic E-state index is 0. The first kappa shape index (κ1) is 29.1. The third kappa shape index (κ3) is 8.25. The fourth-order valence-electron chi connectivity index (χ4n) is 3.30. The number of hydrogen-bond acceptors (Lipinski definition) is 7. The van der Waals surface area contributed by atoms with Crippen LogP contribution in [0.4, 0.5) is 0 Å². The molecule has 192 valence electrons. The summed E-state index contributed by atoms with van der Waals surface area (Å²) in [5.41, 5.74) is 1.07. The molecule has 4 aromatic carbocycles. The van der Waals surface area contributed by atoms with Gasteiger partial charge >= 0.3 is 232 Å². The van der Waals surface area contributed by atoms with E-state index in [0.29, 0.717) is 44.2 Å². The molecule has 0 amide bonds. The smallest absolute Gasteiger partial charge is 0.870 e. The molecule has 0 fully saturated rings. The van der Waals surface area contributed by atoms with Crippen LogP contribution in [0.3, 0.4) is 0 Å². The summed E-state index contributed by atoms with van der Waals surface area (Å²) in [4.78, 5) is 24.6. The normalized spacial score (nSPS) is 9.95. The van der Waals surface area contributed by atoms with Gasteiger partial charge in [0.1, 0.15) is 0 Å². The van der Waals surface area contributed by atoms with Crippen LogP contribution in [-0.2, 0) is 30.0 Å². The third-order valence-corrected chi connectivity index (χ3v) is 6.63. The first-order valence-corrected chi connectivity index (χ1v) is 12.9. The SMILES string of the molecule is O=C(Cc1cccc(Oc2ccccc2)c1Cl)[O][Al+][O]C(=O)Cc1cccc(Oc2ccccc2)c1Cl.[OH-]. The topological polar surface area (TPSA) is 101 Å². The van der Waals surface area contributed by atoms with Crippen LogP contribution in [0.2, 0.25) is 10.0 Å². The summed E-state index contributed by atoms with van der Waals surface area (Å²) in [6.45, 7) is 0. The van der Waals surface area contributed by atoms with Crippen molar-refractivity contribution in [3.63, 3.8) is 0 Å². The number of carbonyl (C=O) groups is 2. The summed E-state index contributed by atoms with van der Waals surface area (Å²) in [5, 5.41) is 0.616. The quantitative estimate of drug-likeness (QED) is 0.194. The molecule has 4 rings (SSSR count). The summed E-state index contributed by atoms with van der Waals surface area (Å²) < 4.78 is 21.9. The molecule has 1 N–H and O–H groups in total. The summed E-state index contributed by atoms with van der Waals surface area (Å²) in [6.07, 6.45) is -0.194. The second-order valence-corrected chi connectivity index (χ2v) is 9.14. The van der Waals surface area contributed by atoms with Crippen LogP contribution in [0, 0.1) is 0 Å². The van der Waals surface area contributed by atoms with Gasteiger partial charge in [0, 0.05) is 0 Å². The van der Waals surface area contributed by atoms with Gasteiger partial charge in [-0.2, -0.15) is 0 Å². The number of benzene rings is 4. The number of rotatable bonds is 10. The van der Waals surface area contributed by atoms with Crippen LogP contribution >= 0.6 is 23.2 Å². The minimum atomic E-state index is -1.35.